The van der Waals surface area contributed by atoms with Crippen molar-refractivity contribution in [3.8, 4) is 0 Å². The molecule has 0 spiro atoms. The van der Waals surface area contributed by atoms with Crippen LogP contribution in [0.3, 0.4) is 0 Å². The van der Waals surface area contributed by atoms with Crippen molar-refractivity contribution < 1.29 is 4.79 Å². The summed E-state index contributed by atoms with van der Waals surface area (Å²) in [5, 5.41) is 2.88. The van der Waals surface area contributed by atoms with Gasteiger partial charge in [0, 0.05) is 20.3 Å². The van der Waals surface area contributed by atoms with Crippen molar-refractivity contribution in [3.63, 3.8) is 0 Å². The fraction of sp³-hybridized carbons (Fsp3) is 0.0714. The third-order valence-corrected chi connectivity index (χ3v) is 4.03. The number of rotatable bonds is 3. The van der Waals surface area contributed by atoms with Gasteiger partial charge in [0.1, 0.15) is 0 Å². The quantitative estimate of drug-likeness (QED) is 0.728. The second-order valence-corrected chi connectivity index (χ2v) is 6.06. The molecule has 0 atom stereocenters. The summed E-state index contributed by atoms with van der Waals surface area (Å²) >= 11 is 5.52. The molecule has 1 amide bonds. The van der Waals surface area contributed by atoms with Gasteiger partial charge in [-0.3, -0.25) is 4.79 Å². The molecule has 0 saturated carbocycles. The molecule has 2 aromatic carbocycles. The number of halogens is 2. The molecule has 0 aliphatic heterocycles. The minimum absolute atomic E-state index is 0.125. The van der Waals surface area contributed by atoms with Crippen LogP contribution >= 0.6 is 38.5 Å². The number of nitrogens with two attached hydrogens (primary N) is 1. The number of amides is 1. The van der Waals surface area contributed by atoms with E-state index in [4.69, 9.17) is 5.73 Å². The highest BCUT2D eigenvalue weighted by atomic mass is 127. The third kappa shape index (κ3) is 3.77. The van der Waals surface area contributed by atoms with Crippen LogP contribution in [0.15, 0.2) is 46.9 Å². The first-order valence-corrected chi connectivity index (χ1v) is 7.53. The van der Waals surface area contributed by atoms with Crippen molar-refractivity contribution in [2.24, 2.45) is 5.73 Å². The van der Waals surface area contributed by atoms with Crippen LogP contribution in [0.5, 0.6) is 0 Å². The largest absolute Gasteiger partial charge is 0.326 e. The zero-order chi connectivity index (χ0) is 13.8. The van der Waals surface area contributed by atoms with E-state index in [1.165, 1.54) is 0 Å². The molecule has 0 unspecified atom stereocenters. The summed E-state index contributed by atoms with van der Waals surface area (Å²) in [5.41, 5.74) is 7.97. The Balaban J connectivity index is 2.23. The van der Waals surface area contributed by atoms with Gasteiger partial charge < -0.3 is 11.1 Å². The van der Waals surface area contributed by atoms with Crippen LogP contribution in [0.25, 0.3) is 0 Å². The van der Waals surface area contributed by atoms with Gasteiger partial charge in [0.15, 0.2) is 0 Å². The zero-order valence-electron chi connectivity index (χ0n) is 9.99. The maximum Gasteiger partial charge on any atom is 0.256 e. The SMILES string of the molecule is NCc1cccc(NC(=O)c2cc(Br)ccc2I)c1. The lowest BCUT2D eigenvalue weighted by atomic mass is 10.2. The topological polar surface area (TPSA) is 55.1 Å². The van der Waals surface area contributed by atoms with Crippen molar-refractivity contribution in [3.05, 3.63) is 61.6 Å². The van der Waals surface area contributed by atoms with E-state index in [-0.39, 0.29) is 5.91 Å². The summed E-state index contributed by atoms with van der Waals surface area (Å²) in [6.45, 7) is 0.456. The van der Waals surface area contributed by atoms with Crippen LogP contribution < -0.4 is 11.1 Å². The number of nitrogens with one attached hydrogen (secondary N) is 1. The van der Waals surface area contributed by atoms with Gasteiger partial charge in [0.25, 0.3) is 5.91 Å². The molecule has 0 fully saturated rings. The number of anilines is 1. The molecule has 0 aliphatic carbocycles. The van der Waals surface area contributed by atoms with Gasteiger partial charge in [-0.05, 0) is 58.5 Å². The van der Waals surface area contributed by atoms with Gasteiger partial charge in [-0.2, -0.15) is 0 Å². The fourth-order valence-electron chi connectivity index (χ4n) is 1.65. The molecule has 0 bridgehead atoms. The van der Waals surface area contributed by atoms with Gasteiger partial charge >= 0.3 is 0 Å². The van der Waals surface area contributed by atoms with Gasteiger partial charge in [0.2, 0.25) is 0 Å². The Bertz CT molecular complexity index is 616. The second kappa shape index (κ2) is 6.49. The van der Waals surface area contributed by atoms with E-state index in [0.29, 0.717) is 12.1 Å². The molecule has 3 N–H and O–H groups in total. The van der Waals surface area contributed by atoms with E-state index >= 15 is 0 Å². The van der Waals surface area contributed by atoms with Crippen LogP contribution in [-0.2, 0) is 6.54 Å². The Morgan fingerprint density at radius 1 is 1.26 bits per heavy atom. The molecule has 0 radical (unpaired) electrons. The zero-order valence-corrected chi connectivity index (χ0v) is 13.7. The molecule has 19 heavy (non-hydrogen) atoms. The van der Waals surface area contributed by atoms with Gasteiger partial charge in [-0.15, -0.1) is 0 Å². The highest BCUT2D eigenvalue weighted by Crippen LogP contribution is 2.20. The predicted molar refractivity (Wildman–Crippen MR) is 89.1 cm³/mol. The molecular formula is C14H12BrIN2O. The van der Waals surface area contributed by atoms with Crippen molar-refractivity contribution in [2.75, 3.05) is 5.32 Å². The summed E-state index contributed by atoms with van der Waals surface area (Å²) in [6, 6.07) is 13.2. The Morgan fingerprint density at radius 3 is 2.79 bits per heavy atom. The standard InChI is InChI=1S/C14H12BrIN2O/c15-10-4-5-13(16)12(7-10)14(19)18-11-3-1-2-9(6-11)8-17/h1-7H,8,17H2,(H,18,19). The Hall–Kier alpha value is -0.920. The first kappa shape index (κ1) is 14.5. The van der Waals surface area contributed by atoms with Crippen molar-refractivity contribution in [1.29, 1.82) is 0 Å². The average Bonchev–Trinajstić information content (AvgIpc) is 2.41. The maximum atomic E-state index is 12.2. The number of hydrogen-bond acceptors (Lipinski definition) is 2. The average molecular weight is 431 g/mol. The Morgan fingerprint density at radius 2 is 2.05 bits per heavy atom. The van der Waals surface area contributed by atoms with Crippen molar-refractivity contribution >= 4 is 50.1 Å². The van der Waals surface area contributed by atoms with E-state index in [0.717, 1.165) is 19.3 Å². The summed E-state index contributed by atoms with van der Waals surface area (Å²) in [5.74, 6) is -0.125. The van der Waals surface area contributed by atoms with E-state index in [1.54, 1.807) is 0 Å². The molecule has 0 heterocycles. The van der Waals surface area contributed by atoms with Crippen LogP contribution in [0.4, 0.5) is 5.69 Å². The number of benzene rings is 2. The predicted octanol–water partition coefficient (Wildman–Crippen LogP) is 3.76. The molecule has 98 valence electrons. The highest BCUT2D eigenvalue weighted by molar-refractivity contribution is 14.1. The maximum absolute atomic E-state index is 12.2. The van der Waals surface area contributed by atoms with Crippen molar-refractivity contribution in [2.45, 2.75) is 6.54 Å². The minimum atomic E-state index is -0.125. The third-order valence-electron chi connectivity index (χ3n) is 2.59. The lowest BCUT2D eigenvalue weighted by molar-refractivity contribution is 0.102. The number of carbonyl (C=O) groups is 1. The van der Waals surface area contributed by atoms with Crippen LogP contribution in [0, 0.1) is 3.57 Å². The number of hydrogen-bond donors (Lipinski definition) is 2. The summed E-state index contributed by atoms with van der Waals surface area (Å²) in [7, 11) is 0. The Kier molecular flexibility index (Phi) is 4.95. The van der Waals surface area contributed by atoms with E-state index in [9.17, 15) is 4.79 Å². The summed E-state index contributed by atoms with van der Waals surface area (Å²) in [6.07, 6.45) is 0. The van der Waals surface area contributed by atoms with Crippen LogP contribution in [-0.4, -0.2) is 5.91 Å². The molecule has 3 nitrogen and oxygen atoms in total. The molecule has 0 saturated heterocycles. The summed E-state index contributed by atoms with van der Waals surface area (Å²) < 4.78 is 1.79. The van der Waals surface area contributed by atoms with Gasteiger partial charge in [-0.1, -0.05) is 28.1 Å². The summed E-state index contributed by atoms with van der Waals surface area (Å²) in [4.78, 5) is 12.2. The normalized spacial score (nSPS) is 10.3. The van der Waals surface area contributed by atoms with Crippen LogP contribution in [0.2, 0.25) is 0 Å². The molecule has 5 heteroatoms. The van der Waals surface area contributed by atoms with Gasteiger partial charge in [0.05, 0.1) is 5.56 Å². The van der Waals surface area contributed by atoms with E-state index < -0.39 is 0 Å². The van der Waals surface area contributed by atoms with E-state index in [2.05, 4.69) is 43.8 Å². The second-order valence-electron chi connectivity index (χ2n) is 3.98. The molecule has 0 aliphatic rings. The lowest BCUT2D eigenvalue weighted by Gasteiger charge is -2.08. The molecular weight excluding hydrogens is 419 g/mol. The van der Waals surface area contributed by atoms with Crippen molar-refractivity contribution in [1.82, 2.24) is 0 Å². The first-order chi connectivity index (χ1) is 9.10. The fourth-order valence-corrected chi connectivity index (χ4v) is 2.59. The molecule has 2 rings (SSSR count). The first-order valence-electron chi connectivity index (χ1n) is 5.65. The lowest BCUT2D eigenvalue weighted by Crippen LogP contribution is -2.13. The van der Waals surface area contributed by atoms with E-state index in [1.807, 2.05) is 42.5 Å². The molecule has 0 aromatic heterocycles. The monoisotopic (exact) mass is 430 g/mol. The minimum Gasteiger partial charge on any atom is -0.326 e. The van der Waals surface area contributed by atoms with Crippen LogP contribution in [0.1, 0.15) is 15.9 Å². The smallest absolute Gasteiger partial charge is 0.256 e. The Labute approximate surface area is 133 Å². The van der Waals surface area contributed by atoms with Gasteiger partial charge in [-0.25, -0.2) is 0 Å². The molecule has 2 aromatic rings. The number of carbonyl (C=O) groups excluding carboxylic acids is 1. The highest BCUT2D eigenvalue weighted by Gasteiger charge is 2.10.